The van der Waals surface area contributed by atoms with Gasteiger partial charge in [-0.1, -0.05) is 12.1 Å². The average Bonchev–Trinajstić information content (AvgIpc) is 3.23. The lowest BCUT2D eigenvalue weighted by Gasteiger charge is -2.11. The van der Waals surface area contributed by atoms with Crippen molar-refractivity contribution in [2.45, 2.75) is 19.9 Å². The van der Waals surface area contributed by atoms with Crippen LogP contribution in [0.5, 0.6) is 11.5 Å². The van der Waals surface area contributed by atoms with Crippen LogP contribution >= 0.6 is 11.3 Å². The third-order valence-electron chi connectivity index (χ3n) is 3.46. The van der Waals surface area contributed by atoms with Crippen molar-refractivity contribution in [3.8, 4) is 11.5 Å². The number of ether oxygens (including phenoxy) is 2. The molecule has 1 aromatic carbocycles. The second kappa shape index (κ2) is 7.87. The number of fused-ring (bicyclic) bond motifs is 1. The van der Waals surface area contributed by atoms with Crippen molar-refractivity contribution in [2.75, 3.05) is 19.9 Å². The maximum atomic E-state index is 5.41. The molecule has 6 heteroatoms. The summed E-state index contributed by atoms with van der Waals surface area (Å²) in [6.45, 7) is 4.75. The van der Waals surface area contributed by atoms with E-state index in [9.17, 15) is 0 Å². The first kappa shape index (κ1) is 15.7. The lowest BCUT2D eigenvalue weighted by atomic mass is 10.1. The van der Waals surface area contributed by atoms with Crippen LogP contribution in [0.15, 0.2) is 40.7 Å². The van der Waals surface area contributed by atoms with E-state index in [1.807, 2.05) is 12.1 Å². The highest BCUT2D eigenvalue weighted by Gasteiger charge is 2.12. The summed E-state index contributed by atoms with van der Waals surface area (Å²) in [4.78, 5) is 5.87. The fourth-order valence-electron chi connectivity index (χ4n) is 2.32. The molecule has 0 amide bonds. The summed E-state index contributed by atoms with van der Waals surface area (Å²) >= 11 is 1.73. The molecule has 122 valence electrons. The van der Waals surface area contributed by atoms with E-state index in [0.29, 0.717) is 13.3 Å². The predicted octanol–water partition coefficient (Wildman–Crippen LogP) is 2.77. The van der Waals surface area contributed by atoms with E-state index in [2.05, 4.69) is 46.1 Å². The van der Waals surface area contributed by atoms with Gasteiger partial charge in [-0.2, -0.15) is 0 Å². The second-order valence-electron chi connectivity index (χ2n) is 5.14. The van der Waals surface area contributed by atoms with Gasteiger partial charge in [-0.15, -0.1) is 11.3 Å². The van der Waals surface area contributed by atoms with Crippen LogP contribution in [-0.2, 0) is 13.0 Å². The van der Waals surface area contributed by atoms with E-state index >= 15 is 0 Å². The lowest BCUT2D eigenvalue weighted by molar-refractivity contribution is 0.174. The Morgan fingerprint density at radius 2 is 2.13 bits per heavy atom. The molecule has 0 saturated heterocycles. The molecule has 1 aliphatic heterocycles. The summed E-state index contributed by atoms with van der Waals surface area (Å²) in [7, 11) is 0. The number of rotatable bonds is 6. The molecule has 0 fully saturated rings. The fraction of sp³-hybridized carbons (Fsp3) is 0.353. The normalized spacial score (nSPS) is 13.2. The Labute approximate surface area is 140 Å². The number of aliphatic imine (C=N–C) groups is 1. The summed E-state index contributed by atoms with van der Waals surface area (Å²) in [5.41, 5.74) is 1.22. The predicted molar refractivity (Wildman–Crippen MR) is 93.4 cm³/mol. The molecular weight excluding hydrogens is 310 g/mol. The maximum Gasteiger partial charge on any atom is 0.231 e. The fourth-order valence-corrected chi connectivity index (χ4v) is 2.95. The minimum Gasteiger partial charge on any atom is -0.454 e. The van der Waals surface area contributed by atoms with Gasteiger partial charge in [0, 0.05) is 18.0 Å². The van der Waals surface area contributed by atoms with Crippen molar-refractivity contribution >= 4 is 17.3 Å². The zero-order valence-corrected chi connectivity index (χ0v) is 14.0. The van der Waals surface area contributed by atoms with Crippen molar-refractivity contribution in [1.82, 2.24) is 10.6 Å². The van der Waals surface area contributed by atoms with Gasteiger partial charge < -0.3 is 20.1 Å². The number of thiophene rings is 1. The van der Waals surface area contributed by atoms with Crippen molar-refractivity contribution in [1.29, 1.82) is 0 Å². The maximum absolute atomic E-state index is 5.41. The first-order valence-corrected chi connectivity index (χ1v) is 8.66. The van der Waals surface area contributed by atoms with Gasteiger partial charge in [-0.25, -0.2) is 4.99 Å². The Morgan fingerprint density at radius 1 is 1.22 bits per heavy atom. The smallest absolute Gasteiger partial charge is 0.231 e. The summed E-state index contributed by atoms with van der Waals surface area (Å²) in [5.74, 6) is 2.51. The van der Waals surface area contributed by atoms with Crippen LogP contribution in [0.3, 0.4) is 0 Å². The Hall–Kier alpha value is -2.21. The molecule has 0 radical (unpaired) electrons. The Balaban J connectivity index is 1.51. The lowest BCUT2D eigenvalue weighted by Crippen LogP contribution is -2.38. The van der Waals surface area contributed by atoms with Gasteiger partial charge in [-0.05, 0) is 42.5 Å². The van der Waals surface area contributed by atoms with Gasteiger partial charge in [0.1, 0.15) is 0 Å². The number of nitrogens with zero attached hydrogens (tertiary/aromatic N) is 1. The third-order valence-corrected chi connectivity index (χ3v) is 4.32. The minimum absolute atomic E-state index is 0.316. The van der Waals surface area contributed by atoms with Crippen molar-refractivity contribution in [3.63, 3.8) is 0 Å². The van der Waals surface area contributed by atoms with Gasteiger partial charge in [-0.3, -0.25) is 0 Å². The molecule has 0 atom stereocenters. The number of hydrogen-bond acceptors (Lipinski definition) is 4. The van der Waals surface area contributed by atoms with Crippen LogP contribution in [0.4, 0.5) is 0 Å². The van der Waals surface area contributed by atoms with Gasteiger partial charge in [0.05, 0.1) is 6.54 Å². The monoisotopic (exact) mass is 331 g/mol. The van der Waals surface area contributed by atoms with Crippen molar-refractivity contribution in [2.24, 2.45) is 4.99 Å². The average molecular weight is 331 g/mol. The highest BCUT2D eigenvalue weighted by atomic mass is 32.1. The van der Waals surface area contributed by atoms with Crippen LogP contribution < -0.4 is 20.1 Å². The SMILES string of the molecule is CCNC(=NCc1cccs1)NCCc1ccc2c(c1)OCO2. The molecule has 2 aromatic rings. The van der Waals surface area contributed by atoms with E-state index in [-0.39, 0.29) is 0 Å². The van der Waals surface area contributed by atoms with E-state index in [0.717, 1.165) is 37.0 Å². The number of benzene rings is 1. The molecule has 3 rings (SSSR count). The highest BCUT2D eigenvalue weighted by Crippen LogP contribution is 2.32. The molecular formula is C17H21N3O2S. The van der Waals surface area contributed by atoms with Crippen molar-refractivity contribution in [3.05, 3.63) is 46.2 Å². The quantitative estimate of drug-likeness (QED) is 0.631. The van der Waals surface area contributed by atoms with Gasteiger partial charge in [0.15, 0.2) is 17.5 Å². The molecule has 2 heterocycles. The van der Waals surface area contributed by atoms with Crippen LogP contribution in [0.1, 0.15) is 17.4 Å². The Kier molecular flexibility index (Phi) is 5.37. The first-order chi connectivity index (χ1) is 11.3. The number of guanidine groups is 1. The molecule has 1 aliphatic rings. The van der Waals surface area contributed by atoms with E-state index in [1.165, 1.54) is 10.4 Å². The van der Waals surface area contributed by atoms with Gasteiger partial charge in [0.25, 0.3) is 0 Å². The number of hydrogen-bond donors (Lipinski definition) is 2. The molecule has 0 unspecified atom stereocenters. The van der Waals surface area contributed by atoms with Crippen LogP contribution in [0, 0.1) is 0 Å². The number of nitrogens with one attached hydrogen (secondary N) is 2. The summed E-state index contributed by atoms with van der Waals surface area (Å²) < 4.78 is 10.7. The molecule has 1 aromatic heterocycles. The molecule has 0 bridgehead atoms. The second-order valence-corrected chi connectivity index (χ2v) is 6.17. The standard InChI is InChI=1S/C17H21N3O2S/c1-2-18-17(20-11-14-4-3-9-23-14)19-8-7-13-5-6-15-16(10-13)22-12-21-15/h3-6,9-10H,2,7-8,11-12H2,1H3,(H2,18,19,20). The van der Waals surface area contributed by atoms with Gasteiger partial charge >= 0.3 is 0 Å². The minimum atomic E-state index is 0.316. The van der Waals surface area contributed by atoms with E-state index in [1.54, 1.807) is 11.3 Å². The topological polar surface area (TPSA) is 54.9 Å². The molecule has 2 N–H and O–H groups in total. The van der Waals surface area contributed by atoms with E-state index in [4.69, 9.17) is 9.47 Å². The largest absolute Gasteiger partial charge is 0.454 e. The van der Waals surface area contributed by atoms with E-state index < -0.39 is 0 Å². The molecule has 23 heavy (non-hydrogen) atoms. The highest BCUT2D eigenvalue weighted by molar-refractivity contribution is 7.09. The van der Waals surface area contributed by atoms with Crippen LogP contribution in [0.2, 0.25) is 0 Å². The summed E-state index contributed by atoms with van der Waals surface area (Å²) in [6.07, 6.45) is 0.903. The molecule has 0 aliphatic carbocycles. The molecule has 0 spiro atoms. The van der Waals surface area contributed by atoms with Gasteiger partial charge in [0.2, 0.25) is 6.79 Å². The Bertz CT molecular complexity index is 656. The zero-order chi connectivity index (χ0) is 15.9. The summed E-state index contributed by atoms with van der Waals surface area (Å²) in [5, 5.41) is 8.72. The molecule has 5 nitrogen and oxygen atoms in total. The Morgan fingerprint density at radius 3 is 2.96 bits per heavy atom. The van der Waals surface area contributed by atoms with Crippen molar-refractivity contribution < 1.29 is 9.47 Å². The van der Waals surface area contributed by atoms with Crippen LogP contribution in [0.25, 0.3) is 0 Å². The summed E-state index contributed by atoms with van der Waals surface area (Å²) in [6, 6.07) is 10.2. The zero-order valence-electron chi connectivity index (χ0n) is 13.2. The molecule has 0 saturated carbocycles. The first-order valence-electron chi connectivity index (χ1n) is 7.78. The third kappa shape index (κ3) is 4.39. The van der Waals surface area contributed by atoms with Crippen LogP contribution in [-0.4, -0.2) is 25.8 Å².